The first-order valence-corrected chi connectivity index (χ1v) is 23.4. The molecule has 4 heterocycles. The summed E-state index contributed by atoms with van der Waals surface area (Å²) in [6.45, 7) is 0. The van der Waals surface area contributed by atoms with E-state index in [1.165, 1.54) is 10.8 Å². The van der Waals surface area contributed by atoms with Crippen molar-refractivity contribution in [2.24, 2.45) is 0 Å². The van der Waals surface area contributed by atoms with Crippen LogP contribution in [0.1, 0.15) is 0 Å². The van der Waals surface area contributed by atoms with Gasteiger partial charge in [-0.15, -0.1) is 0 Å². The normalized spacial score (nSPS) is 11.8. The van der Waals surface area contributed by atoms with Crippen LogP contribution in [0.15, 0.2) is 243 Å². The van der Waals surface area contributed by atoms with Gasteiger partial charge in [0.2, 0.25) is 5.95 Å². The van der Waals surface area contributed by atoms with Crippen LogP contribution in [0.4, 0.5) is 0 Å². The molecule has 0 aliphatic heterocycles. The molecular weight excluding hydrogens is 841 g/mol. The lowest BCUT2D eigenvalue weighted by molar-refractivity contribution is 0.953. The Balaban J connectivity index is 1.12. The Kier molecular flexibility index (Phi) is 8.79. The lowest BCUT2D eigenvalue weighted by Gasteiger charge is -2.17. The maximum absolute atomic E-state index is 5.49. The van der Waals surface area contributed by atoms with Gasteiger partial charge in [-0.3, -0.25) is 4.57 Å². The largest absolute Gasteiger partial charge is 0.307 e. The zero-order valence-corrected chi connectivity index (χ0v) is 37.3. The molecule has 6 nitrogen and oxygen atoms in total. The molecule has 322 valence electrons. The summed E-state index contributed by atoms with van der Waals surface area (Å²) in [4.78, 5) is 16.3. The zero-order chi connectivity index (χ0) is 45.4. The zero-order valence-electron chi connectivity index (χ0n) is 37.3. The molecule has 0 atom stereocenters. The first-order chi connectivity index (χ1) is 34.2. The van der Waals surface area contributed by atoms with Gasteiger partial charge in [0.25, 0.3) is 0 Å². The molecule has 0 unspecified atom stereocenters. The summed E-state index contributed by atoms with van der Waals surface area (Å²) >= 11 is 0. The molecule has 0 saturated heterocycles. The van der Waals surface area contributed by atoms with Crippen LogP contribution in [-0.2, 0) is 0 Å². The molecule has 0 amide bonds. The first kappa shape index (κ1) is 38.8. The number of benzene rings is 10. The van der Waals surface area contributed by atoms with Gasteiger partial charge in [-0.1, -0.05) is 194 Å². The number of nitrogens with zero attached hydrogens (tertiary/aromatic N) is 6. The van der Waals surface area contributed by atoms with Crippen molar-refractivity contribution in [2.75, 3.05) is 0 Å². The fraction of sp³-hybridized carbons (Fsp3) is 0. The summed E-state index contributed by atoms with van der Waals surface area (Å²) in [5, 5.41) is 6.89. The standard InChI is InChI=1S/C63H40N6/c1-4-19-41(20-5-1)43-35-37-44(38-36-43)61-64-62(46-24-18-23-45(39-46)42-21-6-2-7-22-42)66-63(65-61)69-56-34-17-13-30-51(56)58-57(69)40-52-50-29-12-14-31-53(50)67(47-25-8-3-9-26-47)59(52)60(58)68-54-32-15-10-27-48(54)49-28-11-16-33-55(49)68/h1-40H. The third kappa shape index (κ3) is 6.16. The van der Waals surface area contributed by atoms with Crippen LogP contribution in [0.25, 0.3) is 128 Å². The van der Waals surface area contributed by atoms with E-state index < -0.39 is 0 Å². The molecule has 0 aliphatic rings. The van der Waals surface area contributed by atoms with Gasteiger partial charge in [0.15, 0.2) is 11.6 Å². The van der Waals surface area contributed by atoms with E-state index in [4.69, 9.17) is 15.0 Å². The number of hydrogen-bond donors (Lipinski definition) is 0. The lowest BCUT2D eigenvalue weighted by atomic mass is 10.0. The molecule has 69 heavy (non-hydrogen) atoms. The van der Waals surface area contributed by atoms with Crippen LogP contribution in [0.2, 0.25) is 0 Å². The highest BCUT2D eigenvalue weighted by atomic mass is 15.2. The average molecular weight is 881 g/mol. The maximum Gasteiger partial charge on any atom is 0.238 e. The lowest BCUT2D eigenvalue weighted by Crippen LogP contribution is -2.07. The van der Waals surface area contributed by atoms with E-state index in [0.29, 0.717) is 17.6 Å². The summed E-state index contributed by atoms with van der Waals surface area (Å²) in [7, 11) is 0. The molecule has 4 aromatic heterocycles. The van der Waals surface area contributed by atoms with Gasteiger partial charge in [0, 0.05) is 49.1 Å². The number of fused-ring (bicyclic) bond motifs is 9. The number of rotatable bonds is 7. The van der Waals surface area contributed by atoms with Gasteiger partial charge in [-0.2, -0.15) is 9.97 Å². The third-order valence-corrected chi connectivity index (χ3v) is 13.7. The second-order valence-electron chi connectivity index (χ2n) is 17.6. The van der Waals surface area contributed by atoms with Gasteiger partial charge in [0.05, 0.1) is 38.8 Å². The van der Waals surface area contributed by atoms with Crippen LogP contribution < -0.4 is 0 Å². The van der Waals surface area contributed by atoms with E-state index >= 15 is 0 Å². The SMILES string of the molecule is c1ccc(-c2ccc(-c3nc(-c4cccc(-c5ccccc5)c4)nc(-n4c5ccccc5c5c(-n6c7ccccc7c7ccccc76)c6c(cc54)c4ccccc4n6-c4ccccc4)n3)cc2)cc1. The van der Waals surface area contributed by atoms with Crippen molar-refractivity contribution >= 4 is 65.4 Å². The van der Waals surface area contributed by atoms with Crippen LogP contribution in [-0.4, -0.2) is 28.7 Å². The number of aromatic nitrogens is 6. The second-order valence-corrected chi connectivity index (χ2v) is 17.6. The van der Waals surface area contributed by atoms with Gasteiger partial charge in [0.1, 0.15) is 0 Å². The van der Waals surface area contributed by atoms with E-state index in [1.807, 2.05) is 12.1 Å². The fourth-order valence-corrected chi connectivity index (χ4v) is 10.6. The summed E-state index contributed by atoms with van der Waals surface area (Å²) in [6.07, 6.45) is 0. The quantitative estimate of drug-likeness (QED) is 0.160. The number of hydrogen-bond acceptors (Lipinski definition) is 3. The van der Waals surface area contributed by atoms with Crippen molar-refractivity contribution in [3.05, 3.63) is 243 Å². The minimum atomic E-state index is 0.540. The predicted octanol–water partition coefficient (Wildman–Crippen LogP) is 15.8. The smallest absolute Gasteiger partial charge is 0.238 e. The Morgan fingerprint density at radius 2 is 0.696 bits per heavy atom. The van der Waals surface area contributed by atoms with Crippen molar-refractivity contribution in [3.63, 3.8) is 0 Å². The number of para-hydroxylation sites is 5. The van der Waals surface area contributed by atoms with Crippen molar-refractivity contribution in [3.8, 4) is 62.4 Å². The van der Waals surface area contributed by atoms with E-state index in [-0.39, 0.29) is 0 Å². The molecule has 10 aromatic carbocycles. The highest BCUT2D eigenvalue weighted by Gasteiger charge is 2.27. The maximum atomic E-state index is 5.49. The van der Waals surface area contributed by atoms with E-state index in [1.54, 1.807) is 0 Å². The van der Waals surface area contributed by atoms with E-state index in [2.05, 4.69) is 244 Å². The monoisotopic (exact) mass is 880 g/mol. The topological polar surface area (TPSA) is 53.5 Å². The molecule has 0 radical (unpaired) electrons. The molecule has 0 fully saturated rings. The highest BCUT2D eigenvalue weighted by Crippen LogP contribution is 2.47. The molecule has 14 aromatic rings. The summed E-state index contributed by atoms with van der Waals surface area (Å²) < 4.78 is 7.22. The minimum Gasteiger partial charge on any atom is -0.307 e. The third-order valence-electron chi connectivity index (χ3n) is 13.7. The fourth-order valence-electron chi connectivity index (χ4n) is 10.6. The van der Waals surface area contributed by atoms with Gasteiger partial charge in [-0.25, -0.2) is 4.98 Å². The summed E-state index contributed by atoms with van der Waals surface area (Å²) in [6, 6.07) is 86.2. The molecule has 0 aliphatic carbocycles. The molecule has 14 rings (SSSR count). The molecular formula is C63H40N6. The Hall–Kier alpha value is -9.39. The van der Waals surface area contributed by atoms with Crippen LogP contribution >= 0.6 is 0 Å². The molecule has 6 heteroatoms. The molecule has 0 bridgehead atoms. The second kappa shape index (κ2) is 15.6. The average Bonchev–Trinajstić information content (AvgIpc) is 4.07. The van der Waals surface area contributed by atoms with Crippen molar-refractivity contribution in [1.82, 2.24) is 28.7 Å². The van der Waals surface area contributed by atoms with Gasteiger partial charge >= 0.3 is 0 Å². The Labute approximate surface area is 397 Å². The highest BCUT2D eigenvalue weighted by molar-refractivity contribution is 6.26. The van der Waals surface area contributed by atoms with Crippen LogP contribution in [0.5, 0.6) is 0 Å². The van der Waals surface area contributed by atoms with Gasteiger partial charge < -0.3 is 9.13 Å². The summed E-state index contributed by atoms with van der Waals surface area (Å²) in [5.41, 5.74) is 15.0. The predicted molar refractivity (Wildman–Crippen MR) is 285 cm³/mol. The first-order valence-electron chi connectivity index (χ1n) is 23.4. The van der Waals surface area contributed by atoms with Crippen molar-refractivity contribution < 1.29 is 0 Å². The van der Waals surface area contributed by atoms with Crippen molar-refractivity contribution in [2.45, 2.75) is 0 Å². The van der Waals surface area contributed by atoms with Gasteiger partial charge in [-0.05, 0) is 70.8 Å². The molecule has 0 saturated carbocycles. The Bertz CT molecular complexity index is 4230. The molecule has 0 spiro atoms. The Morgan fingerprint density at radius 1 is 0.261 bits per heavy atom. The van der Waals surface area contributed by atoms with Crippen molar-refractivity contribution in [1.29, 1.82) is 0 Å². The van der Waals surface area contributed by atoms with E-state index in [9.17, 15) is 0 Å². The van der Waals surface area contributed by atoms with Crippen LogP contribution in [0.3, 0.4) is 0 Å². The Morgan fingerprint density at radius 3 is 1.32 bits per heavy atom. The molecule has 0 N–H and O–H groups in total. The summed E-state index contributed by atoms with van der Waals surface area (Å²) in [5.74, 6) is 1.73. The minimum absolute atomic E-state index is 0.540. The van der Waals surface area contributed by atoms with E-state index in [0.717, 1.165) is 99.4 Å². The van der Waals surface area contributed by atoms with Crippen LogP contribution in [0, 0.1) is 0 Å².